The molecule has 2 aromatic rings. The average Bonchev–Trinajstić information content (AvgIpc) is 2.40. The van der Waals surface area contributed by atoms with Crippen LogP contribution in [-0.4, -0.2) is 11.3 Å². The Hall–Kier alpha value is -2.08. The summed E-state index contributed by atoms with van der Waals surface area (Å²) in [6.45, 7) is 1.88. The van der Waals surface area contributed by atoms with Crippen molar-refractivity contribution in [2.75, 3.05) is 0 Å². The van der Waals surface area contributed by atoms with Crippen LogP contribution < -0.4 is 10.5 Å². The lowest BCUT2D eigenvalue weighted by atomic mass is 10.0. The van der Waals surface area contributed by atoms with Crippen molar-refractivity contribution in [3.63, 3.8) is 0 Å². The number of pyridine rings is 1. The van der Waals surface area contributed by atoms with Crippen molar-refractivity contribution in [2.45, 2.75) is 25.7 Å². The van der Waals surface area contributed by atoms with Gasteiger partial charge in [0.25, 0.3) is 0 Å². The van der Waals surface area contributed by atoms with Crippen molar-refractivity contribution in [1.29, 1.82) is 0 Å². The first kappa shape index (κ1) is 15.3. The molecule has 112 valence electrons. The van der Waals surface area contributed by atoms with Crippen LogP contribution in [-0.2, 0) is 6.42 Å². The summed E-state index contributed by atoms with van der Waals surface area (Å²) in [5, 5.41) is 0. The van der Waals surface area contributed by atoms with E-state index in [-0.39, 0.29) is 11.8 Å². The zero-order valence-corrected chi connectivity index (χ0v) is 11.4. The molecule has 1 heterocycles. The number of aryl methyl sites for hydroxylation is 1. The molecule has 0 saturated carbocycles. The molecule has 21 heavy (non-hydrogen) atoms. The van der Waals surface area contributed by atoms with Gasteiger partial charge in [-0.1, -0.05) is 18.2 Å². The van der Waals surface area contributed by atoms with Gasteiger partial charge in [-0.05, 0) is 42.7 Å². The fraction of sp³-hybridized carbons (Fsp3) is 0.267. The number of aromatic nitrogens is 1. The Morgan fingerprint density at radius 2 is 1.81 bits per heavy atom. The lowest BCUT2D eigenvalue weighted by Gasteiger charge is -2.13. The van der Waals surface area contributed by atoms with Gasteiger partial charge in [-0.3, -0.25) is 4.98 Å². The maximum absolute atomic E-state index is 12.1. The van der Waals surface area contributed by atoms with Crippen LogP contribution >= 0.6 is 0 Å². The van der Waals surface area contributed by atoms with Crippen molar-refractivity contribution in [3.8, 4) is 5.75 Å². The summed E-state index contributed by atoms with van der Waals surface area (Å²) in [6.07, 6.45) is -2.45. The van der Waals surface area contributed by atoms with E-state index in [0.29, 0.717) is 6.42 Å². The van der Waals surface area contributed by atoms with Gasteiger partial charge in [0.1, 0.15) is 5.75 Å². The number of nitrogens with two attached hydrogens (primary N) is 1. The minimum absolute atomic E-state index is 0.239. The predicted octanol–water partition coefficient (Wildman–Crippen LogP) is 3.53. The Balaban J connectivity index is 2.01. The van der Waals surface area contributed by atoms with Crippen molar-refractivity contribution >= 4 is 0 Å². The summed E-state index contributed by atoms with van der Waals surface area (Å²) < 4.78 is 40.0. The van der Waals surface area contributed by atoms with Crippen molar-refractivity contribution in [2.24, 2.45) is 5.73 Å². The Kier molecular flexibility index (Phi) is 4.47. The van der Waals surface area contributed by atoms with Gasteiger partial charge in [0.2, 0.25) is 0 Å². The van der Waals surface area contributed by atoms with Gasteiger partial charge in [0.15, 0.2) is 0 Å². The van der Waals surface area contributed by atoms with Crippen LogP contribution in [0.5, 0.6) is 5.75 Å². The van der Waals surface area contributed by atoms with E-state index in [4.69, 9.17) is 5.73 Å². The molecule has 1 aromatic heterocycles. The fourth-order valence-electron chi connectivity index (χ4n) is 1.90. The molecule has 2 rings (SSSR count). The first-order chi connectivity index (χ1) is 9.83. The molecule has 0 aliphatic carbocycles. The number of ether oxygens (including phenoxy) is 1. The number of rotatable bonds is 4. The second-order valence-corrected chi connectivity index (χ2v) is 4.74. The maximum Gasteiger partial charge on any atom is 0.573 e. The second-order valence-electron chi connectivity index (χ2n) is 4.74. The smallest absolute Gasteiger partial charge is 0.406 e. The third-order valence-electron chi connectivity index (χ3n) is 2.97. The van der Waals surface area contributed by atoms with Gasteiger partial charge in [0.05, 0.1) is 0 Å². The quantitative estimate of drug-likeness (QED) is 0.939. The van der Waals surface area contributed by atoms with E-state index in [0.717, 1.165) is 16.8 Å². The van der Waals surface area contributed by atoms with Crippen LogP contribution in [0.4, 0.5) is 13.2 Å². The fourth-order valence-corrected chi connectivity index (χ4v) is 1.90. The van der Waals surface area contributed by atoms with Gasteiger partial charge in [0, 0.05) is 17.9 Å². The molecule has 0 spiro atoms. The topological polar surface area (TPSA) is 48.1 Å². The first-order valence-electron chi connectivity index (χ1n) is 6.36. The molecule has 0 radical (unpaired) electrons. The van der Waals surface area contributed by atoms with E-state index < -0.39 is 6.36 Å². The van der Waals surface area contributed by atoms with Gasteiger partial charge >= 0.3 is 6.36 Å². The SMILES string of the molecule is Cc1ccc(C(N)Cc2ccc(OC(F)(F)F)cc2)cn1. The van der Waals surface area contributed by atoms with Crippen LogP contribution in [0.3, 0.4) is 0 Å². The van der Waals surface area contributed by atoms with Crippen molar-refractivity contribution in [3.05, 3.63) is 59.4 Å². The largest absolute Gasteiger partial charge is 0.573 e. The van der Waals surface area contributed by atoms with Crippen LogP contribution in [0.2, 0.25) is 0 Å². The third-order valence-corrected chi connectivity index (χ3v) is 2.97. The monoisotopic (exact) mass is 296 g/mol. The Labute approximate surface area is 120 Å². The van der Waals surface area contributed by atoms with E-state index in [2.05, 4.69) is 9.72 Å². The molecule has 0 amide bonds. The molecule has 1 unspecified atom stereocenters. The Morgan fingerprint density at radius 1 is 1.14 bits per heavy atom. The summed E-state index contributed by atoms with van der Waals surface area (Å²) in [5.74, 6) is -0.239. The molecule has 0 aliphatic rings. The average molecular weight is 296 g/mol. The Morgan fingerprint density at radius 3 is 2.33 bits per heavy atom. The van der Waals surface area contributed by atoms with Crippen LogP contribution in [0.25, 0.3) is 0 Å². The molecular formula is C15H15F3N2O. The maximum atomic E-state index is 12.1. The molecule has 0 saturated heterocycles. The highest BCUT2D eigenvalue weighted by atomic mass is 19.4. The number of hydrogen-bond acceptors (Lipinski definition) is 3. The minimum Gasteiger partial charge on any atom is -0.406 e. The van der Waals surface area contributed by atoms with E-state index >= 15 is 0 Å². The van der Waals surface area contributed by atoms with Crippen LogP contribution in [0.15, 0.2) is 42.6 Å². The zero-order valence-electron chi connectivity index (χ0n) is 11.4. The molecular weight excluding hydrogens is 281 g/mol. The molecule has 3 nitrogen and oxygen atoms in total. The lowest BCUT2D eigenvalue weighted by molar-refractivity contribution is -0.274. The molecule has 6 heteroatoms. The van der Waals surface area contributed by atoms with E-state index in [1.807, 2.05) is 19.1 Å². The second kappa shape index (κ2) is 6.13. The highest BCUT2D eigenvalue weighted by Gasteiger charge is 2.30. The van der Waals surface area contributed by atoms with Crippen LogP contribution in [0.1, 0.15) is 22.9 Å². The van der Waals surface area contributed by atoms with Crippen LogP contribution in [0, 0.1) is 6.92 Å². The zero-order chi connectivity index (χ0) is 15.5. The van der Waals surface area contributed by atoms with E-state index in [1.54, 1.807) is 18.3 Å². The van der Waals surface area contributed by atoms with Gasteiger partial charge in [-0.2, -0.15) is 0 Å². The standard InChI is InChI=1S/C15H15F3N2O/c1-10-2-5-12(9-20-10)14(19)8-11-3-6-13(7-4-11)21-15(16,17)18/h2-7,9,14H,8,19H2,1H3. The summed E-state index contributed by atoms with van der Waals surface area (Å²) >= 11 is 0. The summed E-state index contributed by atoms with van der Waals surface area (Å²) in [4.78, 5) is 4.17. The first-order valence-corrected chi connectivity index (χ1v) is 6.36. The molecule has 0 fully saturated rings. The lowest BCUT2D eigenvalue weighted by Crippen LogP contribution is -2.17. The van der Waals surface area contributed by atoms with Gasteiger partial charge in [-0.25, -0.2) is 0 Å². The number of nitrogens with zero attached hydrogens (tertiary/aromatic N) is 1. The summed E-state index contributed by atoms with van der Waals surface area (Å²) in [6, 6.07) is 9.22. The molecule has 2 N–H and O–H groups in total. The predicted molar refractivity (Wildman–Crippen MR) is 72.7 cm³/mol. The number of hydrogen-bond donors (Lipinski definition) is 1. The third kappa shape index (κ3) is 4.75. The van der Waals surface area contributed by atoms with Crippen molar-refractivity contribution < 1.29 is 17.9 Å². The van der Waals surface area contributed by atoms with E-state index in [9.17, 15) is 13.2 Å². The molecule has 0 bridgehead atoms. The van der Waals surface area contributed by atoms with Gasteiger partial charge < -0.3 is 10.5 Å². The highest BCUT2D eigenvalue weighted by Crippen LogP contribution is 2.24. The molecule has 0 aliphatic heterocycles. The molecule has 1 aromatic carbocycles. The summed E-state index contributed by atoms with van der Waals surface area (Å²) in [5.41, 5.74) is 8.68. The van der Waals surface area contributed by atoms with Crippen molar-refractivity contribution in [1.82, 2.24) is 4.98 Å². The minimum atomic E-state index is -4.68. The highest BCUT2D eigenvalue weighted by molar-refractivity contribution is 5.29. The van der Waals surface area contributed by atoms with Gasteiger partial charge in [-0.15, -0.1) is 13.2 Å². The number of alkyl halides is 3. The Bertz CT molecular complexity index is 579. The number of halogens is 3. The summed E-state index contributed by atoms with van der Waals surface area (Å²) in [7, 11) is 0. The molecule has 1 atom stereocenters. The van der Waals surface area contributed by atoms with E-state index in [1.165, 1.54) is 12.1 Å². The normalized spacial score (nSPS) is 13.0. The number of benzene rings is 1.